The molecule has 5 nitrogen and oxygen atoms in total. The van der Waals surface area contributed by atoms with Crippen LogP contribution in [0, 0.1) is 0 Å². The van der Waals surface area contributed by atoms with Gasteiger partial charge < -0.3 is 14.6 Å². The van der Waals surface area contributed by atoms with Gasteiger partial charge in [0.2, 0.25) is 0 Å². The number of hydrogen-bond donors (Lipinski definition) is 0. The molecule has 8 heteroatoms. The zero-order valence-corrected chi connectivity index (χ0v) is 7.68. The van der Waals surface area contributed by atoms with Crippen LogP contribution in [-0.2, 0) is 27.5 Å². The Kier molecular flexibility index (Phi) is 24.4. The third-order valence-electron chi connectivity index (χ3n) is 0. The summed E-state index contributed by atoms with van der Waals surface area (Å²) < 4.78 is 34.1. The number of rotatable bonds is 0. The second-order valence-electron chi connectivity index (χ2n) is 0.408. The average Bonchev–Trinajstić information content (AvgIpc) is 0.722. The monoisotopic (exact) mass is 209 g/mol. The SMILES string of the molecule is O=S(=O)([O-])[O-].[Ca+2].[Fe+2].[OH-]. The molecule has 0 saturated heterocycles. The standard InChI is InChI=1S/Ca.Fe.H2O4S.H2O/c;;1-5(2,3)4;/h;;(H2,1,2,3,4);1H2/q2*+2;;/p-3. The molecule has 0 atom stereocenters. The summed E-state index contributed by atoms with van der Waals surface area (Å²) in [6.07, 6.45) is 0. The molecule has 0 aromatic carbocycles. The van der Waals surface area contributed by atoms with Crippen LogP contribution in [0.15, 0.2) is 0 Å². The summed E-state index contributed by atoms with van der Waals surface area (Å²) in [6.45, 7) is 0. The van der Waals surface area contributed by atoms with Gasteiger partial charge in [-0.1, -0.05) is 0 Å². The van der Waals surface area contributed by atoms with Crippen molar-refractivity contribution in [2.45, 2.75) is 0 Å². The van der Waals surface area contributed by atoms with Gasteiger partial charge in [-0.15, -0.1) is 0 Å². The van der Waals surface area contributed by atoms with E-state index < -0.39 is 10.4 Å². The molecule has 0 spiro atoms. The quantitative estimate of drug-likeness (QED) is 0.263. The van der Waals surface area contributed by atoms with Crippen LogP contribution < -0.4 is 0 Å². The number of hydrogen-bond acceptors (Lipinski definition) is 5. The zero-order valence-electron chi connectivity index (χ0n) is 3.55. The minimum atomic E-state index is -5.17. The van der Waals surface area contributed by atoms with E-state index in [0.29, 0.717) is 0 Å². The van der Waals surface area contributed by atoms with Crippen molar-refractivity contribution < 1.29 is 40.1 Å². The van der Waals surface area contributed by atoms with Gasteiger partial charge in [0.1, 0.15) is 0 Å². The van der Waals surface area contributed by atoms with Gasteiger partial charge in [0.15, 0.2) is 0 Å². The predicted octanol–water partition coefficient (Wildman–Crippen LogP) is -1.90. The van der Waals surface area contributed by atoms with Crippen molar-refractivity contribution in [2.75, 3.05) is 0 Å². The summed E-state index contributed by atoms with van der Waals surface area (Å²) in [6, 6.07) is 0. The van der Waals surface area contributed by atoms with Crippen LogP contribution in [0.4, 0.5) is 0 Å². The molecule has 1 N–H and O–H groups in total. The Morgan fingerprint density at radius 3 is 1.12 bits per heavy atom. The summed E-state index contributed by atoms with van der Waals surface area (Å²) >= 11 is 0. The molecular formula is HCaFeO5S+. The van der Waals surface area contributed by atoms with Crippen molar-refractivity contribution in [2.24, 2.45) is 0 Å². The Morgan fingerprint density at radius 2 is 1.12 bits per heavy atom. The first-order valence-electron chi connectivity index (χ1n) is 0.667. The largest absolute Gasteiger partial charge is 2.00 e. The zero-order chi connectivity index (χ0) is 4.50. The van der Waals surface area contributed by atoms with Gasteiger partial charge in [0.25, 0.3) is 0 Å². The molecule has 0 aliphatic rings. The van der Waals surface area contributed by atoms with Crippen molar-refractivity contribution in [1.29, 1.82) is 0 Å². The Bertz CT molecular complexity index is 95.6. The molecule has 0 heterocycles. The van der Waals surface area contributed by atoms with Gasteiger partial charge in [-0.05, 0) is 0 Å². The van der Waals surface area contributed by atoms with E-state index in [-0.39, 0.29) is 60.3 Å². The van der Waals surface area contributed by atoms with Crippen LogP contribution in [0.25, 0.3) is 0 Å². The Hall–Kier alpha value is 1.61. The summed E-state index contributed by atoms with van der Waals surface area (Å²) in [7, 11) is -5.17. The van der Waals surface area contributed by atoms with Crippen LogP contribution >= 0.6 is 0 Å². The summed E-state index contributed by atoms with van der Waals surface area (Å²) in [5, 5.41) is 0. The Labute approximate surface area is 87.2 Å². The van der Waals surface area contributed by atoms with E-state index in [1.54, 1.807) is 0 Å². The summed E-state index contributed by atoms with van der Waals surface area (Å²) in [4.78, 5) is 0. The van der Waals surface area contributed by atoms with Crippen LogP contribution in [-0.4, -0.2) is 60.7 Å². The molecule has 0 unspecified atom stereocenters. The molecule has 0 saturated carbocycles. The second-order valence-corrected chi connectivity index (χ2v) is 1.22. The van der Waals surface area contributed by atoms with Crippen LogP contribution in [0.2, 0.25) is 0 Å². The average molecular weight is 209 g/mol. The molecule has 0 amide bonds. The van der Waals surface area contributed by atoms with E-state index in [1.165, 1.54) is 0 Å². The van der Waals surface area contributed by atoms with Crippen molar-refractivity contribution >= 4 is 48.1 Å². The van der Waals surface area contributed by atoms with Gasteiger partial charge in [-0.2, -0.15) is 0 Å². The maximum atomic E-state index is 8.52. The molecule has 0 rings (SSSR count). The molecule has 0 radical (unpaired) electrons. The molecule has 0 bridgehead atoms. The molecule has 46 valence electrons. The first-order valence-corrected chi connectivity index (χ1v) is 2.00. The molecule has 8 heavy (non-hydrogen) atoms. The van der Waals surface area contributed by atoms with Crippen molar-refractivity contribution in [3.63, 3.8) is 0 Å². The van der Waals surface area contributed by atoms with Gasteiger partial charge >= 0.3 is 54.8 Å². The van der Waals surface area contributed by atoms with Crippen molar-refractivity contribution in [1.82, 2.24) is 0 Å². The molecular weight excluding hydrogens is 208 g/mol. The molecule has 0 aromatic heterocycles. The topological polar surface area (TPSA) is 110 Å². The summed E-state index contributed by atoms with van der Waals surface area (Å²) in [5.41, 5.74) is 0. The third-order valence-corrected chi connectivity index (χ3v) is 0. The molecule has 0 aliphatic heterocycles. The van der Waals surface area contributed by atoms with Crippen molar-refractivity contribution in [3.8, 4) is 0 Å². The maximum absolute atomic E-state index is 8.52. The van der Waals surface area contributed by atoms with Gasteiger partial charge in [-0.3, -0.25) is 8.42 Å². The summed E-state index contributed by atoms with van der Waals surface area (Å²) in [5.74, 6) is 0. The van der Waals surface area contributed by atoms with Crippen molar-refractivity contribution in [3.05, 3.63) is 0 Å². The predicted molar refractivity (Wildman–Crippen MR) is 18.2 cm³/mol. The maximum Gasteiger partial charge on any atom is 2.00 e. The molecule has 0 aliphatic carbocycles. The Morgan fingerprint density at radius 1 is 1.12 bits per heavy atom. The second kappa shape index (κ2) is 8.61. The van der Waals surface area contributed by atoms with Gasteiger partial charge in [0.05, 0.1) is 0 Å². The Balaban J connectivity index is -0.0000000267. The van der Waals surface area contributed by atoms with Gasteiger partial charge in [-0.25, -0.2) is 0 Å². The van der Waals surface area contributed by atoms with Crippen LogP contribution in [0.1, 0.15) is 0 Å². The van der Waals surface area contributed by atoms with E-state index in [2.05, 4.69) is 0 Å². The normalized spacial score (nSPS) is 7.25. The first-order chi connectivity index (χ1) is 2.00. The minimum absolute atomic E-state index is 0. The van der Waals surface area contributed by atoms with E-state index in [1.807, 2.05) is 0 Å². The first kappa shape index (κ1) is 22.6. The molecule has 0 fully saturated rings. The fraction of sp³-hybridized carbons (Fsp3) is 0. The fourth-order valence-corrected chi connectivity index (χ4v) is 0. The smallest absolute Gasteiger partial charge is 0.870 e. The van der Waals surface area contributed by atoms with Crippen LogP contribution in [0.5, 0.6) is 0 Å². The molecule has 0 aromatic rings. The third kappa shape index (κ3) is 128. The van der Waals surface area contributed by atoms with E-state index in [0.717, 1.165) is 0 Å². The van der Waals surface area contributed by atoms with Gasteiger partial charge in [0, 0.05) is 10.4 Å². The fourth-order valence-electron chi connectivity index (χ4n) is 0. The van der Waals surface area contributed by atoms with E-state index >= 15 is 0 Å². The van der Waals surface area contributed by atoms with Crippen LogP contribution in [0.3, 0.4) is 0 Å². The van der Waals surface area contributed by atoms with E-state index in [9.17, 15) is 0 Å². The van der Waals surface area contributed by atoms with E-state index in [4.69, 9.17) is 17.5 Å². The minimum Gasteiger partial charge on any atom is -0.870 e.